The molecule has 9 heteroatoms. The maximum absolute atomic E-state index is 11.9. The van der Waals surface area contributed by atoms with Crippen molar-refractivity contribution in [2.45, 2.75) is 45.2 Å². The van der Waals surface area contributed by atoms with Crippen molar-refractivity contribution < 1.29 is 18.3 Å². The molecule has 8 nitrogen and oxygen atoms in total. The smallest absolute Gasteiger partial charge is 0.303 e. The van der Waals surface area contributed by atoms with Gasteiger partial charge in [0.15, 0.2) is 5.82 Å². The molecule has 1 aromatic rings. The van der Waals surface area contributed by atoms with Crippen LogP contribution in [-0.4, -0.2) is 40.0 Å². The molecule has 20 heavy (non-hydrogen) atoms. The third-order valence-electron chi connectivity index (χ3n) is 3.19. The van der Waals surface area contributed by atoms with Crippen LogP contribution in [0.4, 0.5) is 0 Å². The highest BCUT2D eigenvalue weighted by Crippen LogP contribution is 2.19. The van der Waals surface area contributed by atoms with E-state index in [4.69, 9.17) is 5.11 Å². The maximum atomic E-state index is 11.9. The van der Waals surface area contributed by atoms with Gasteiger partial charge in [-0.3, -0.25) is 4.79 Å². The fraction of sp³-hybridized carbons (Fsp3) is 0.727. The van der Waals surface area contributed by atoms with Crippen LogP contribution in [0.25, 0.3) is 0 Å². The van der Waals surface area contributed by atoms with Crippen molar-refractivity contribution in [2.75, 3.05) is 5.75 Å². The first-order valence-electron chi connectivity index (χ1n) is 6.53. The second kappa shape index (κ2) is 5.88. The molecule has 0 saturated carbocycles. The summed E-state index contributed by atoms with van der Waals surface area (Å²) in [4.78, 5) is 10.4. The second-order valence-electron chi connectivity index (χ2n) is 4.89. The van der Waals surface area contributed by atoms with Crippen LogP contribution in [0.1, 0.15) is 43.9 Å². The highest BCUT2D eigenvalue weighted by Gasteiger charge is 2.24. The number of aliphatic carboxylic acids is 1. The number of carboxylic acid groups (broad SMARTS) is 1. The lowest BCUT2D eigenvalue weighted by Gasteiger charge is -2.14. The van der Waals surface area contributed by atoms with Gasteiger partial charge in [0.05, 0.1) is 11.8 Å². The van der Waals surface area contributed by atoms with E-state index in [0.29, 0.717) is 5.82 Å². The lowest BCUT2D eigenvalue weighted by molar-refractivity contribution is -0.137. The molecular weight excluding hydrogens is 284 g/mol. The van der Waals surface area contributed by atoms with Gasteiger partial charge in [0.2, 0.25) is 10.0 Å². The van der Waals surface area contributed by atoms with E-state index >= 15 is 0 Å². The van der Waals surface area contributed by atoms with E-state index in [1.165, 1.54) is 0 Å². The van der Waals surface area contributed by atoms with E-state index < -0.39 is 22.0 Å². The van der Waals surface area contributed by atoms with Crippen LogP contribution in [0.2, 0.25) is 0 Å². The molecule has 1 aliphatic rings. The van der Waals surface area contributed by atoms with E-state index in [2.05, 4.69) is 14.9 Å². The van der Waals surface area contributed by atoms with Crippen molar-refractivity contribution in [3.05, 3.63) is 11.6 Å². The zero-order chi connectivity index (χ0) is 14.8. The summed E-state index contributed by atoms with van der Waals surface area (Å²) in [6, 6.07) is -0.468. The lowest BCUT2D eigenvalue weighted by atomic mass is 10.3. The number of fused-ring (bicyclic) bond motifs is 1. The second-order valence-corrected chi connectivity index (χ2v) is 6.76. The number of carbonyl (C=O) groups is 1. The van der Waals surface area contributed by atoms with E-state index in [9.17, 15) is 13.2 Å². The van der Waals surface area contributed by atoms with Crippen molar-refractivity contribution in [1.82, 2.24) is 19.5 Å². The Labute approximate surface area is 117 Å². The molecule has 1 aromatic heterocycles. The zero-order valence-electron chi connectivity index (χ0n) is 11.2. The SMILES string of the molecule is CC(NS(=O)(=O)CCCC(=O)O)c1nnc2n1CCC2. The average molecular weight is 302 g/mol. The molecule has 0 fully saturated rings. The van der Waals surface area contributed by atoms with Gasteiger partial charge in [0.1, 0.15) is 5.82 Å². The highest BCUT2D eigenvalue weighted by molar-refractivity contribution is 7.89. The standard InChI is InChI=1S/C11H18N4O4S/c1-8(11-13-12-9-4-2-6-15(9)11)14-20(18,19)7-3-5-10(16)17/h8,14H,2-7H2,1H3,(H,16,17). The van der Waals surface area contributed by atoms with Crippen LogP contribution >= 0.6 is 0 Å². The first-order chi connectivity index (χ1) is 9.39. The first-order valence-corrected chi connectivity index (χ1v) is 8.18. The van der Waals surface area contributed by atoms with Crippen molar-refractivity contribution >= 4 is 16.0 Å². The lowest BCUT2D eigenvalue weighted by Crippen LogP contribution is -2.31. The van der Waals surface area contributed by atoms with Crippen LogP contribution in [0, 0.1) is 0 Å². The van der Waals surface area contributed by atoms with Crippen LogP contribution in [0.5, 0.6) is 0 Å². The predicted molar refractivity (Wildman–Crippen MR) is 70.6 cm³/mol. The maximum Gasteiger partial charge on any atom is 0.303 e. The number of hydrogen-bond donors (Lipinski definition) is 2. The van der Waals surface area contributed by atoms with Gasteiger partial charge >= 0.3 is 5.97 Å². The summed E-state index contributed by atoms with van der Waals surface area (Å²) in [5, 5.41) is 16.6. The van der Waals surface area contributed by atoms with Gasteiger partial charge in [-0.25, -0.2) is 13.1 Å². The summed E-state index contributed by atoms with van der Waals surface area (Å²) >= 11 is 0. The number of rotatable bonds is 7. The molecule has 1 unspecified atom stereocenters. The molecule has 0 spiro atoms. The normalized spacial score (nSPS) is 16.1. The molecule has 112 valence electrons. The number of nitrogens with one attached hydrogen (secondary N) is 1. The summed E-state index contributed by atoms with van der Waals surface area (Å²) in [7, 11) is -3.51. The number of aromatic nitrogens is 3. The Balaban J connectivity index is 1.96. The largest absolute Gasteiger partial charge is 0.481 e. The molecule has 0 aromatic carbocycles. The van der Waals surface area contributed by atoms with E-state index in [1.54, 1.807) is 6.92 Å². The van der Waals surface area contributed by atoms with Gasteiger partial charge < -0.3 is 9.67 Å². The van der Waals surface area contributed by atoms with Crippen LogP contribution in [0.3, 0.4) is 0 Å². The van der Waals surface area contributed by atoms with Crippen LogP contribution < -0.4 is 4.72 Å². The molecular formula is C11H18N4O4S. The van der Waals surface area contributed by atoms with Crippen molar-refractivity contribution in [2.24, 2.45) is 0 Å². The van der Waals surface area contributed by atoms with E-state index in [-0.39, 0.29) is 18.6 Å². The van der Waals surface area contributed by atoms with Gasteiger partial charge in [-0.05, 0) is 19.8 Å². The molecule has 0 saturated heterocycles. The molecule has 2 rings (SSSR count). The Morgan fingerprint density at radius 2 is 2.25 bits per heavy atom. The predicted octanol–water partition coefficient (Wildman–Crippen LogP) is 0.0695. The van der Waals surface area contributed by atoms with Gasteiger partial charge in [-0.15, -0.1) is 10.2 Å². The monoisotopic (exact) mass is 302 g/mol. The number of carboxylic acids is 1. The summed E-state index contributed by atoms with van der Waals surface area (Å²) < 4.78 is 28.2. The summed E-state index contributed by atoms with van der Waals surface area (Å²) in [6.07, 6.45) is 1.80. The number of hydrogen-bond acceptors (Lipinski definition) is 5. The topological polar surface area (TPSA) is 114 Å². The summed E-state index contributed by atoms with van der Waals surface area (Å²) in [6.45, 7) is 2.52. The molecule has 0 amide bonds. The van der Waals surface area contributed by atoms with Crippen LogP contribution in [0.15, 0.2) is 0 Å². The number of sulfonamides is 1. The van der Waals surface area contributed by atoms with Crippen molar-refractivity contribution in [3.63, 3.8) is 0 Å². The highest BCUT2D eigenvalue weighted by atomic mass is 32.2. The van der Waals surface area contributed by atoms with E-state index in [0.717, 1.165) is 25.2 Å². The molecule has 1 atom stereocenters. The van der Waals surface area contributed by atoms with Crippen LogP contribution in [-0.2, 0) is 27.8 Å². The molecule has 0 aliphatic carbocycles. The van der Waals surface area contributed by atoms with Gasteiger partial charge in [-0.2, -0.15) is 0 Å². The Bertz CT molecular complexity index is 596. The first kappa shape index (κ1) is 14.9. The minimum atomic E-state index is -3.51. The summed E-state index contributed by atoms with van der Waals surface area (Å²) in [5.74, 6) is 0.296. The fourth-order valence-corrected chi connectivity index (χ4v) is 3.57. The fourth-order valence-electron chi connectivity index (χ4n) is 2.29. The molecule has 2 heterocycles. The Morgan fingerprint density at radius 3 is 2.95 bits per heavy atom. The van der Waals surface area contributed by atoms with Gasteiger partial charge in [0, 0.05) is 19.4 Å². The molecule has 1 aliphatic heterocycles. The third kappa shape index (κ3) is 3.54. The zero-order valence-corrected chi connectivity index (χ0v) is 12.1. The van der Waals surface area contributed by atoms with Crippen molar-refractivity contribution in [3.8, 4) is 0 Å². The third-order valence-corrected chi connectivity index (χ3v) is 4.72. The average Bonchev–Trinajstić information content (AvgIpc) is 2.87. The Kier molecular flexibility index (Phi) is 4.39. The van der Waals surface area contributed by atoms with Crippen molar-refractivity contribution in [1.29, 1.82) is 0 Å². The van der Waals surface area contributed by atoms with Gasteiger partial charge in [0.25, 0.3) is 0 Å². The Morgan fingerprint density at radius 1 is 1.50 bits per heavy atom. The minimum Gasteiger partial charge on any atom is -0.481 e. The quantitative estimate of drug-likeness (QED) is 0.736. The molecule has 0 bridgehead atoms. The molecule has 2 N–H and O–H groups in total. The van der Waals surface area contributed by atoms with Gasteiger partial charge in [-0.1, -0.05) is 0 Å². The minimum absolute atomic E-state index is 0.0926. The van der Waals surface area contributed by atoms with E-state index in [1.807, 2.05) is 4.57 Å². The number of nitrogens with zero attached hydrogens (tertiary/aromatic N) is 3. The number of aryl methyl sites for hydroxylation is 1. The molecule has 0 radical (unpaired) electrons. The Hall–Kier alpha value is -1.48. The summed E-state index contributed by atoms with van der Waals surface area (Å²) in [5.41, 5.74) is 0.